The molecule has 0 spiro atoms. The van der Waals surface area contributed by atoms with Crippen LogP contribution < -0.4 is 14.8 Å². The molecule has 2 amide bonds. The molecule has 0 radical (unpaired) electrons. The van der Waals surface area contributed by atoms with Crippen molar-refractivity contribution < 1.29 is 31.5 Å². The molecule has 4 aromatic carbocycles. The molecule has 0 aliphatic rings. The molecule has 0 bridgehead atoms. The number of nitrogens with zero attached hydrogens (tertiary/aromatic N) is 1. The van der Waals surface area contributed by atoms with Crippen molar-refractivity contribution in [2.75, 3.05) is 17.9 Å². The van der Waals surface area contributed by atoms with Crippen molar-refractivity contribution in [1.29, 1.82) is 0 Å². The van der Waals surface area contributed by atoms with E-state index in [-0.39, 0.29) is 35.2 Å². The van der Waals surface area contributed by atoms with Crippen molar-refractivity contribution in [1.82, 2.24) is 10.2 Å². The van der Waals surface area contributed by atoms with Crippen LogP contribution >= 0.6 is 0 Å². The SMILES string of the molecule is CCCCNC(=O)[C@@H](Cc1ccccc1)N(Cc1ccc(F)cc1)C(=O)COc1ccc(S(=O)(=O)Nc2ccc(F)cc2)cc1. The molecular formula is C34H35F2N3O5S. The summed E-state index contributed by atoms with van der Waals surface area (Å²) in [6, 6.07) is 24.5. The zero-order valence-electron chi connectivity index (χ0n) is 24.8. The van der Waals surface area contributed by atoms with Gasteiger partial charge in [-0.05, 0) is 78.2 Å². The van der Waals surface area contributed by atoms with E-state index in [1.165, 1.54) is 53.4 Å². The van der Waals surface area contributed by atoms with E-state index >= 15 is 0 Å². The molecule has 236 valence electrons. The molecule has 0 unspecified atom stereocenters. The van der Waals surface area contributed by atoms with Crippen molar-refractivity contribution in [3.63, 3.8) is 0 Å². The molecular weight excluding hydrogens is 600 g/mol. The molecule has 0 aromatic heterocycles. The van der Waals surface area contributed by atoms with Crippen LogP contribution in [0, 0.1) is 11.6 Å². The predicted octanol–water partition coefficient (Wildman–Crippen LogP) is 5.70. The summed E-state index contributed by atoms with van der Waals surface area (Å²) in [4.78, 5) is 28.6. The molecule has 8 nitrogen and oxygen atoms in total. The van der Waals surface area contributed by atoms with Gasteiger partial charge >= 0.3 is 0 Å². The zero-order valence-corrected chi connectivity index (χ0v) is 25.6. The zero-order chi connectivity index (χ0) is 32.2. The molecule has 0 saturated carbocycles. The fraction of sp³-hybridized carbons (Fsp3) is 0.235. The van der Waals surface area contributed by atoms with Crippen LogP contribution in [0.3, 0.4) is 0 Å². The number of benzene rings is 4. The van der Waals surface area contributed by atoms with Gasteiger partial charge in [0.2, 0.25) is 5.91 Å². The number of carbonyl (C=O) groups excluding carboxylic acids is 2. The van der Waals surface area contributed by atoms with Gasteiger partial charge < -0.3 is 15.0 Å². The normalized spacial score (nSPS) is 11.8. The summed E-state index contributed by atoms with van der Waals surface area (Å²) in [5.74, 6) is -1.48. The number of carbonyl (C=O) groups is 2. The Labute approximate surface area is 262 Å². The molecule has 11 heteroatoms. The summed E-state index contributed by atoms with van der Waals surface area (Å²) in [7, 11) is -3.96. The monoisotopic (exact) mass is 635 g/mol. The summed E-state index contributed by atoms with van der Waals surface area (Å²) in [6.07, 6.45) is 1.92. The molecule has 4 aromatic rings. The van der Waals surface area contributed by atoms with Gasteiger partial charge in [-0.1, -0.05) is 55.8 Å². The Hall–Kier alpha value is -4.77. The highest BCUT2D eigenvalue weighted by Gasteiger charge is 2.30. The van der Waals surface area contributed by atoms with Gasteiger partial charge in [-0.25, -0.2) is 17.2 Å². The minimum atomic E-state index is -3.96. The van der Waals surface area contributed by atoms with E-state index in [1.807, 2.05) is 37.3 Å². The van der Waals surface area contributed by atoms with Gasteiger partial charge in [-0.3, -0.25) is 14.3 Å². The lowest BCUT2D eigenvalue weighted by Crippen LogP contribution is -2.51. The topological polar surface area (TPSA) is 105 Å². The molecule has 4 rings (SSSR count). The van der Waals surface area contributed by atoms with Crippen molar-refractivity contribution in [3.05, 3.63) is 126 Å². The number of anilines is 1. The van der Waals surface area contributed by atoms with Crippen molar-refractivity contribution in [2.24, 2.45) is 0 Å². The molecule has 0 aliphatic carbocycles. The number of unbranched alkanes of at least 4 members (excludes halogenated alkanes) is 1. The van der Waals surface area contributed by atoms with E-state index < -0.39 is 40.2 Å². The minimum Gasteiger partial charge on any atom is -0.484 e. The summed E-state index contributed by atoms with van der Waals surface area (Å²) < 4.78 is 60.5. The van der Waals surface area contributed by atoms with E-state index in [0.717, 1.165) is 30.5 Å². The number of ether oxygens (including phenoxy) is 1. The van der Waals surface area contributed by atoms with E-state index in [0.29, 0.717) is 12.1 Å². The Bertz CT molecular complexity index is 1650. The third kappa shape index (κ3) is 9.87. The first-order chi connectivity index (χ1) is 21.6. The van der Waals surface area contributed by atoms with E-state index in [9.17, 15) is 26.8 Å². The van der Waals surface area contributed by atoms with Crippen LogP contribution in [0.25, 0.3) is 0 Å². The smallest absolute Gasteiger partial charge is 0.261 e. The largest absolute Gasteiger partial charge is 0.484 e. The first kappa shape index (κ1) is 33.1. The maximum absolute atomic E-state index is 13.7. The van der Waals surface area contributed by atoms with Crippen LogP contribution in [-0.2, 0) is 32.6 Å². The highest BCUT2D eigenvalue weighted by atomic mass is 32.2. The maximum atomic E-state index is 13.7. The quantitative estimate of drug-likeness (QED) is 0.163. The van der Waals surface area contributed by atoms with Gasteiger partial charge in [0, 0.05) is 25.2 Å². The Morgan fingerprint density at radius 2 is 1.44 bits per heavy atom. The number of hydrogen-bond acceptors (Lipinski definition) is 5. The number of amides is 2. The van der Waals surface area contributed by atoms with Gasteiger partial charge in [0.05, 0.1) is 4.90 Å². The predicted molar refractivity (Wildman–Crippen MR) is 168 cm³/mol. The van der Waals surface area contributed by atoms with Gasteiger partial charge in [-0.2, -0.15) is 0 Å². The molecule has 2 N–H and O–H groups in total. The molecule has 0 heterocycles. The number of halogens is 2. The summed E-state index contributed by atoms with van der Waals surface area (Å²) in [5.41, 5.74) is 1.69. The fourth-order valence-corrected chi connectivity index (χ4v) is 5.58. The van der Waals surface area contributed by atoms with Crippen molar-refractivity contribution >= 4 is 27.5 Å². The number of rotatable bonds is 15. The highest BCUT2D eigenvalue weighted by molar-refractivity contribution is 7.92. The molecule has 0 saturated heterocycles. The second-order valence-electron chi connectivity index (χ2n) is 10.4. The number of hydrogen-bond donors (Lipinski definition) is 2. The van der Waals surface area contributed by atoms with E-state index in [4.69, 9.17) is 4.74 Å². The highest BCUT2D eigenvalue weighted by Crippen LogP contribution is 2.21. The summed E-state index contributed by atoms with van der Waals surface area (Å²) in [6.45, 7) is 2.07. The van der Waals surface area contributed by atoms with Crippen molar-refractivity contribution in [3.8, 4) is 5.75 Å². The first-order valence-electron chi connectivity index (χ1n) is 14.5. The van der Waals surface area contributed by atoms with Crippen LogP contribution in [0.4, 0.5) is 14.5 Å². The summed E-state index contributed by atoms with van der Waals surface area (Å²) in [5, 5.41) is 2.93. The lowest BCUT2D eigenvalue weighted by Gasteiger charge is -2.31. The third-order valence-electron chi connectivity index (χ3n) is 6.96. The number of sulfonamides is 1. The lowest BCUT2D eigenvalue weighted by molar-refractivity contribution is -0.142. The van der Waals surface area contributed by atoms with Crippen LogP contribution in [0.2, 0.25) is 0 Å². The van der Waals surface area contributed by atoms with Crippen LogP contribution in [0.5, 0.6) is 5.75 Å². The van der Waals surface area contributed by atoms with Gasteiger partial charge in [0.25, 0.3) is 15.9 Å². The average Bonchev–Trinajstić information content (AvgIpc) is 3.04. The molecule has 45 heavy (non-hydrogen) atoms. The van der Waals surface area contributed by atoms with E-state index in [2.05, 4.69) is 10.0 Å². The van der Waals surface area contributed by atoms with Gasteiger partial charge in [0.15, 0.2) is 6.61 Å². The molecule has 0 fully saturated rings. The Kier molecular flexibility index (Phi) is 11.6. The molecule has 0 aliphatic heterocycles. The Morgan fingerprint density at radius 3 is 2.07 bits per heavy atom. The fourth-order valence-electron chi connectivity index (χ4n) is 4.52. The van der Waals surface area contributed by atoms with Crippen molar-refractivity contribution in [2.45, 2.75) is 43.7 Å². The second-order valence-corrected chi connectivity index (χ2v) is 12.1. The van der Waals surface area contributed by atoms with E-state index in [1.54, 1.807) is 12.1 Å². The lowest BCUT2D eigenvalue weighted by atomic mass is 10.0. The standard InChI is InChI=1S/C34H35F2N3O5S/c1-2-3-21-37-34(41)32(22-25-7-5-4-6-8-25)39(23-26-9-11-27(35)12-10-26)33(40)24-44-30-17-19-31(20-18-30)45(42,43)38-29-15-13-28(36)14-16-29/h4-20,32,38H,2-3,21-24H2,1H3,(H,37,41)/t32-/m1/s1. The van der Waals surface area contributed by atoms with Crippen LogP contribution in [0.15, 0.2) is 108 Å². The van der Waals surface area contributed by atoms with Gasteiger partial charge in [-0.15, -0.1) is 0 Å². The van der Waals surface area contributed by atoms with Gasteiger partial charge in [0.1, 0.15) is 23.4 Å². The maximum Gasteiger partial charge on any atom is 0.261 e. The number of nitrogens with one attached hydrogen (secondary N) is 2. The summed E-state index contributed by atoms with van der Waals surface area (Å²) >= 11 is 0. The third-order valence-corrected chi connectivity index (χ3v) is 8.36. The Morgan fingerprint density at radius 1 is 0.822 bits per heavy atom. The van der Waals surface area contributed by atoms with Crippen LogP contribution in [0.1, 0.15) is 30.9 Å². The Balaban J connectivity index is 1.52. The average molecular weight is 636 g/mol. The minimum absolute atomic E-state index is 0.0351. The second kappa shape index (κ2) is 15.8. The molecule has 1 atom stereocenters. The van der Waals surface area contributed by atoms with Crippen LogP contribution in [-0.4, -0.2) is 44.3 Å². The first-order valence-corrected chi connectivity index (χ1v) is 16.0.